The fourth-order valence-electron chi connectivity index (χ4n) is 1.53. The fourth-order valence-corrected chi connectivity index (χ4v) is 1.53. The Labute approximate surface area is 101 Å². The van der Waals surface area contributed by atoms with Crippen LogP contribution in [0.5, 0.6) is 0 Å². The summed E-state index contributed by atoms with van der Waals surface area (Å²) in [5.74, 6) is 0. The van der Waals surface area contributed by atoms with Crippen LogP contribution < -0.4 is 0 Å². The zero-order valence-corrected chi connectivity index (χ0v) is 9.59. The van der Waals surface area contributed by atoms with Gasteiger partial charge in [-0.25, -0.2) is 0 Å². The van der Waals surface area contributed by atoms with Gasteiger partial charge in [-0.05, 0) is 30.2 Å². The van der Waals surface area contributed by atoms with Gasteiger partial charge >= 0.3 is 0 Å². The highest BCUT2D eigenvalue weighted by Gasteiger charge is 1.99. The summed E-state index contributed by atoms with van der Waals surface area (Å²) in [7, 11) is 0. The molecule has 0 spiro atoms. The molecule has 82 valence electrons. The zero-order valence-electron chi connectivity index (χ0n) is 9.59. The summed E-state index contributed by atoms with van der Waals surface area (Å²) < 4.78 is 0. The second-order valence-electron chi connectivity index (χ2n) is 3.80. The lowest BCUT2D eigenvalue weighted by molar-refractivity contribution is 1.39. The number of nitrogens with zero attached hydrogens (tertiary/aromatic N) is 2. The Balaban J connectivity index is 2.33. The van der Waals surface area contributed by atoms with Gasteiger partial charge in [-0.1, -0.05) is 36.4 Å². The number of rotatable bonds is 2. The van der Waals surface area contributed by atoms with Gasteiger partial charge in [0.25, 0.3) is 0 Å². The lowest BCUT2D eigenvalue weighted by Crippen LogP contribution is -1.82. The van der Waals surface area contributed by atoms with Gasteiger partial charge in [0.2, 0.25) is 0 Å². The Bertz CT molecular complexity index is 578. The molecular formula is C15H12N2. The average molecular weight is 220 g/mol. The van der Waals surface area contributed by atoms with Gasteiger partial charge in [0.05, 0.1) is 11.3 Å². The van der Waals surface area contributed by atoms with E-state index in [1.54, 1.807) is 12.3 Å². The Hall–Kier alpha value is -2.40. The molecule has 0 bridgehead atoms. The molecule has 0 aliphatic carbocycles. The predicted molar refractivity (Wildman–Crippen MR) is 69.6 cm³/mol. The van der Waals surface area contributed by atoms with Crippen molar-refractivity contribution < 1.29 is 0 Å². The maximum absolute atomic E-state index is 8.98. The molecule has 0 saturated carbocycles. The first-order valence-electron chi connectivity index (χ1n) is 5.39. The molecule has 0 fully saturated rings. The highest BCUT2D eigenvalue weighted by molar-refractivity contribution is 5.82. The summed E-state index contributed by atoms with van der Waals surface area (Å²) in [6.07, 6.45) is 1.77. The molecule has 2 heteroatoms. The molecule has 0 amide bonds. The molecule has 2 rings (SSSR count). The molecule has 0 radical (unpaired) electrons. The van der Waals surface area contributed by atoms with Gasteiger partial charge < -0.3 is 0 Å². The van der Waals surface area contributed by atoms with E-state index >= 15 is 0 Å². The summed E-state index contributed by atoms with van der Waals surface area (Å²) in [5, 5.41) is 8.98. The maximum Gasteiger partial charge on any atom is 0.101 e. The van der Waals surface area contributed by atoms with Gasteiger partial charge in [-0.3, -0.25) is 4.99 Å². The lowest BCUT2D eigenvalue weighted by atomic mass is 10.1. The van der Waals surface area contributed by atoms with E-state index in [2.05, 4.69) is 11.1 Å². The molecular weight excluding hydrogens is 208 g/mol. The molecule has 0 saturated heterocycles. The number of benzene rings is 2. The van der Waals surface area contributed by atoms with Crippen molar-refractivity contribution in [2.75, 3.05) is 0 Å². The van der Waals surface area contributed by atoms with Crippen LogP contribution in [0.2, 0.25) is 0 Å². The van der Waals surface area contributed by atoms with Gasteiger partial charge in [-0.15, -0.1) is 0 Å². The van der Waals surface area contributed by atoms with Crippen LogP contribution in [0.4, 0.5) is 5.69 Å². The SMILES string of the molecule is Cc1ccc(C#N)c(N=Cc2ccccc2)c1. The van der Waals surface area contributed by atoms with Gasteiger partial charge in [-0.2, -0.15) is 5.26 Å². The highest BCUT2D eigenvalue weighted by Crippen LogP contribution is 2.19. The summed E-state index contributed by atoms with van der Waals surface area (Å²) in [6, 6.07) is 17.6. The quantitative estimate of drug-likeness (QED) is 0.712. The van der Waals surface area contributed by atoms with Crippen LogP contribution in [0.1, 0.15) is 16.7 Å². The van der Waals surface area contributed by atoms with Gasteiger partial charge in [0.15, 0.2) is 0 Å². The number of hydrogen-bond acceptors (Lipinski definition) is 2. The van der Waals surface area contributed by atoms with Crippen molar-refractivity contribution in [3.8, 4) is 6.07 Å². The maximum atomic E-state index is 8.98. The topological polar surface area (TPSA) is 36.1 Å². The normalized spacial score (nSPS) is 10.4. The van der Waals surface area contributed by atoms with E-state index in [-0.39, 0.29) is 0 Å². The second-order valence-corrected chi connectivity index (χ2v) is 3.80. The first-order chi connectivity index (χ1) is 8.29. The Morgan fingerprint density at radius 1 is 1.12 bits per heavy atom. The van der Waals surface area contributed by atoms with Gasteiger partial charge in [0.1, 0.15) is 6.07 Å². The van der Waals surface area contributed by atoms with E-state index in [0.717, 1.165) is 16.8 Å². The van der Waals surface area contributed by atoms with Crippen molar-refractivity contribution in [2.45, 2.75) is 6.92 Å². The number of hydrogen-bond donors (Lipinski definition) is 0. The van der Waals surface area contributed by atoms with Crippen molar-refractivity contribution in [1.29, 1.82) is 5.26 Å². The third-order valence-electron chi connectivity index (χ3n) is 2.43. The minimum atomic E-state index is 0.600. The summed E-state index contributed by atoms with van der Waals surface area (Å²) in [4.78, 5) is 4.36. The Kier molecular flexibility index (Phi) is 3.32. The van der Waals surface area contributed by atoms with E-state index in [0.29, 0.717) is 5.56 Å². The van der Waals surface area contributed by atoms with E-state index in [4.69, 9.17) is 5.26 Å². The van der Waals surface area contributed by atoms with E-state index < -0.39 is 0 Å². The van der Waals surface area contributed by atoms with Crippen LogP contribution in [0.25, 0.3) is 0 Å². The van der Waals surface area contributed by atoms with Crippen molar-refractivity contribution in [1.82, 2.24) is 0 Å². The smallest absolute Gasteiger partial charge is 0.101 e. The predicted octanol–water partition coefficient (Wildman–Crippen LogP) is 3.62. The van der Waals surface area contributed by atoms with E-state index in [1.807, 2.05) is 49.4 Å². The van der Waals surface area contributed by atoms with Crippen LogP contribution in [-0.2, 0) is 0 Å². The van der Waals surface area contributed by atoms with Crippen molar-refractivity contribution in [3.63, 3.8) is 0 Å². The molecule has 0 unspecified atom stereocenters. The minimum absolute atomic E-state index is 0.600. The molecule has 2 aromatic rings. The molecule has 0 N–H and O–H groups in total. The molecule has 2 aromatic carbocycles. The molecule has 0 aliphatic rings. The summed E-state index contributed by atoms with van der Waals surface area (Å²) in [6.45, 7) is 1.99. The van der Waals surface area contributed by atoms with Crippen molar-refractivity contribution in [2.24, 2.45) is 4.99 Å². The average Bonchev–Trinajstić information content (AvgIpc) is 2.38. The zero-order chi connectivity index (χ0) is 12.1. The van der Waals surface area contributed by atoms with Crippen LogP contribution in [0, 0.1) is 18.3 Å². The number of aryl methyl sites for hydroxylation is 1. The second kappa shape index (κ2) is 5.09. The fraction of sp³-hybridized carbons (Fsp3) is 0.0667. The summed E-state index contributed by atoms with van der Waals surface area (Å²) in [5.41, 5.74) is 3.45. The lowest BCUT2D eigenvalue weighted by Gasteiger charge is -1.99. The molecule has 17 heavy (non-hydrogen) atoms. The summed E-state index contributed by atoms with van der Waals surface area (Å²) >= 11 is 0. The van der Waals surface area contributed by atoms with Crippen molar-refractivity contribution >= 4 is 11.9 Å². The van der Waals surface area contributed by atoms with E-state index in [1.165, 1.54) is 0 Å². The first kappa shape index (κ1) is 11.1. The highest BCUT2D eigenvalue weighted by atomic mass is 14.7. The minimum Gasteiger partial charge on any atom is -0.255 e. The van der Waals surface area contributed by atoms with Gasteiger partial charge in [0, 0.05) is 6.21 Å². The van der Waals surface area contributed by atoms with E-state index in [9.17, 15) is 0 Å². The van der Waals surface area contributed by atoms with Crippen LogP contribution in [0.15, 0.2) is 53.5 Å². The Morgan fingerprint density at radius 2 is 1.88 bits per heavy atom. The largest absolute Gasteiger partial charge is 0.255 e. The van der Waals surface area contributed by atoms with Crippen LogP contribution in [-0.4, -0.2) is 6.21 Å². The third kappa shape index (κ3) is 2.79. The standard InChI is InChI=1S/C15H12N2/c1-12-7-8-14(10-16)15(9-12)17-11-13-5-3-2-4-6-13/h2-9,11H,1H3. The molecule has 0 atom stereocenters. The third-order valence-corrected chi connectivity index (χ3v) is 2.43. The molecule has 0 heterocycles. The van der Waals surface area contributed by atoms with Crippen LogP contribution >= 0.6 is 0 Å². The number of aliphatic imine (C=N–C) groups is 1. The molecule has 2 nitrogen and oxygen atoms in total. The van der Waals surface area contributed by atoms with Crippen molar-refractivity contribution in [3.05, 3.63) is 65.2 Å². The molecule has 0 aromatic heterocycles. The Morgan fingerprint density at radius 3 is 2.59 bits per heavy atom. The number of nitriles is 1. The van der Waals surface area contributed by atoms with Crippen LogP contribution in [0.3, 0.4) is 0 Å². The first-order valence-corrected chi connectivity index (χ1v) is 5.39. The monoisotopic (exact) mass is 220 g/mol. The molecule has 0 aliphatic heterocycles.